The van der Waals surface area contributed by atoms with E-state index in [2.05, 4.69) is 10.1 Å². The molecule has 0 aliphatic heterocycles. The number of hydrogen-bond acceptors (Lipinski definition) is 4. The van der Waals surface area contributed by atoms with Crippen LogP contribution in [0.5, 0.6) is 0 Å². The first-order valence-corrected chi connectivity index (χ1v) is 5.75. The van der Waals surface area contributed by atoms with Crippen molar-refractivity contribution in [1.29, 1.82) is 0 Å². The summed E-state index contributed by atoms with van der Waals surface area (Å²) in [4.78, 5) is 33.6. The number of carbonyl (C=O) groups is 3. The molecule has 6 nitrogen and oxygen atoms in total. The molecule has 7 heteroatoms. The highest BCUT2D eigenvalue weighted by molar-refractivity contribution is 5.87. The Morgan fingerprint density at radius 1 is 1.40 bits per heavy atom. The Kier molecular flexibility index (Phi) is 5.64. The predicted octanol–water partition coefficient (Wildman–Crippen LogP) is 0.501. The topological polar surface area (TPSA) is 92.7 Å². The van der Waals surface area contributed by atoms with Crippen LogP contribution in [0, 0.1) is 5.82 Å². The lowest BCUT2D eigenvalue weighted by atomic mass is 10.1. The minimum absolute atomic E-state index is 0.178. The summed E-state index contributed by atoms with van der Waals surface area (Å²) in [6.45, 7) is 0. The van der Waals surface area contributed by atoms with Crippen molar-refractivity contribution in [2.75, 3.05) is 7.11 Å². The Morgan fingerprint density at radius 2 is 2.10 bits per heavy atom. The number of ether oxygens (including phenoxy) is 1. The lowest BCUT2D eigenvalue weighted by Gasteiger charge is -2.13. The molecule has 2 N–H and O–H groups in total. The summed E-state index contributed by atoms with van der Waals surface area (Å²) in [7, 11) is 1.12. The van der Waals surface area contributed by atoms with Gasteiger partial charge in [-0.05, 0) is 17.7 Å². The summed E-state index contributed by atoms with van der Waals surface area (Å²) in [5.74, 6) is -3.20. The zero-order valence-electron chi connectivity index (χ0n) is 10.8. The van der Waals surface area contributed by atoms with E-state index in [9.17, 15) is 18.8 Å². The highest BCUT2D eigenvalue weighted by atomic mass is 19.1. The van der Waals surface area contributed by atoms with Crippen LogP contribution >= 0.6 is 0 Å². The third-order valence-electron chi connectivity index (χ3n) is 2.49. The number of methoxy groups -OCH3 is 1. The van der Waals surface area contributed by atoms with E-state index >= 15 is 0 Å². The SMILES string of the molecule is COC(=O)C[C@H](NC(=O)Cc1cccc(F)c1)C(=O)O. The number of carbonyl (C=O) groups excluding carboxylic acids is 2. The van der Waals surface area contributed by atoms with Gasteiger partial charge in [0.15, 0.2) is 0 Å². The minimum atomic E-state index is -1.37. The average Bonchev–Trinajstić information content (AvgIpc) is 2.37. The molecule has 0 saturated heterocycles. The normalized spacial score (nSPS) is 11.5. The van der Waals surface area contributed by atoms with Gasteiger partial charge < -0.3 is 15.2 Å². The fraction of sp³-hybridized carbons (Fsp3) is 0.308. The number of benzene rings is 1. The molecule has 108 valence electrons. The summed E-state index contributed by atoms with van der Waals surface area (Å²) in [5.41, 5.74) is 0.407. The molecular formula is C13H14FNO5. The van der Waals surface area contributed by atoms with Gasteiger partial charge >= 0.3 is 11.9 Å². The van der Waals surface area contributed by atoms with Gasteiger partial charge in [-0.2, -0.15) is 0 Å². The van der Waals surface area contributed by atoms with Crippen LogP contribution in [0.2, 0.25) is 0 Å². The number of aliphatic carboxylic acids is 1. The van der Waals surface area contributed by atoms with Crippen LogP contribution in [0.3, 0.4) is 0 Å². The lowest BCUT2D eigenvalue weighted by Crippen LogP contribution is -2.43. The van der Waals surface area contributed by atoms with E-state index in [1.165, 1.54) is 18.2 Å². The number of halogens is 1. The highest BCUT2D eigenvalue weighted by Gasteiger charge is 2.23. The molecule has 0 unspecified atom stereocenters. The summed E-state index contributed by atoms with van der Waals surface area (Å²) < 4.78 is 17.3. The first-order chi connectivity index (χ1) is 9.42. The van der Waals surface area contributed by atoms with Crippen molar-refractivity contribution >= 4 is 17.8 Å². The van der Waals surface area contributed by atoms with Gasteiger partial charge in [0, 0.05) is 0 Å². The van der Waals surface area contributed by atoms with E-state index < -0.39 is 36.1 Å². The van der Waals surface area contributed by atoms with Gasteiger partial charge in [0.25, 0.3) is 0 Å². The molecule has 1 atom stereocenters. The van der Waals surface area contributed by atoms with Crippen molar-refractivity contribution in [2.24, 2.45) is 0 Å². The van der Waals surface area contributed by atoms with Gasteiger partial charge in [0.2, 0.25) is 5.91 Å². The van der Waals surface area contributed by atoms with E-state index in [0.29, 0.717) is 5.56 Å². The van der Waals surface area contributed by atoms with Crippen LogP contribution in [0.15, 0.2) is 24.3 Å². The second-order valence-corrected chi connectivity index (χ2v) is 4.05. The predicted molar refractivity (Wildman–Crippen MR) is 66.3 cm³/mol. The summed E-state index contributed by atoms with van der Waals surface area (Å²) in [6, 6.07) is 4.03. The number of rotatable bonds is 6. The molecule has 1 aromatic carbocycles. The second-order valence-electron chi connectivity index (χ2n) is 4.05. The minimum Gasteiger partial charge on any atom is -0.480 e. The fourth-order valence-electron chi connectivity index (χ4n) is 1.53. The van der Waals surface area contributed by atoms with Crippen LogP contribution in [0.25, 0.3) is 0 Å². The van der Waals surface area contributed by atoms with Gasteiger partial charge in [0.05, 0.1) is 20.0 Å². The van der Waals surface area contributed by atoms with Gasteiger partial charge in [-0.15, -0.1) is 0 Å². The highest BCUT2D eigenvalue weighted by Crippen LogP contribution is 2.05. The molecule has 0 aromatic heterocycles. The Labute approximate surface area is 114 Å². The van der Waals surface area contributed by atoms with Crippen LogP contribution in [-0.2, 0) is 25.5 Å². The maximum Gasteiger partial charge on any atom is 0.326 e. The average molecular weight is 283 g/mol. The molecule has 1 amide bonds. The van der Waals surface area contributed by atoms with Gasteiger partial charge in [-0.3, -0.25) is 9.59 Å². The van der Waals surface area contributed by atoms with Crippen LogP contribution < -0.4 is 5.32 Å². The van der Waals surface area contributed by atoms with Crippen molar-refractivity contribution in [2.45, 2.75) is 18.9 Å². The van der Waals surface area contributed by atoms with Crippen molar-refractivity contribution in [1.82, 2.24) is 5.32 Å². The lowest BCUT2D eigenvalue weighted by molar-refractivity contribution is -0.148. The van der Waals surface area contributed by atoms with E-state index in [-0.39, 0.29) is 6.42 Å². The molecule has 1 rings (SSSR count). The van der Waals surface area contributed by atoms with Crippen molar-refractivity contribution < 1.29 is 28.6 Å². The number of esters is 1. The Bertz CT molecular complexity index is 517. The maximum absolute atomic E-state index is 12.9. The molecule has 0 aliphatic rings. The maximum atomic E-state index is 12.9. The monoisotopic (exact) mass is 283 g/mol. The van der Waals surface area contributed by atoms with E-state index in [1.807, 2.05) is 0 Å². The summed E-state index contributed by atoms with van der Waals surface area (Å²) >= 11 is 0. The zero-order valence-corrected chi connectivity index (χ0v) is 10.8. The van der Waals surface area contributed by atoms with Crippen LogP contribution in [0.1, 0.15) is 12.0 Å². The molecule has 0 bridgehead atoms. The van der Waals surface area contributed by atoms with E-state index in [0.717, 1.165) is 7.11 Å². The largest absolute Gasteiger partial charge is 0.480 e. The standard InChI is InChI=1S/C13H14FNO5/c1-20-12(17)7-10(13(18)19)15-11(16)6-8-3-2-4-9(14)5-8/h2-5,10H,6-7H2,1H3,(H,15,16)(H,18,19)/t10-/m0/s1. The zero-order chi connectivity index (χ0) is 15.1. The molecule has 1 aromatic rings. The van der Waals surface area contributed by atoms with E-state index in [4.69, 9.17) is 5.11 Å². The van der Waals surface area contributed by atoms with Gasteiger partial charge in [0.1, 0.15) is 11.9 Å². The number of hydrogen-bond donors (Lipinski definition) is 2. The molecule has 0 aliphatic carbocycles. The van der Waals surface area contributed by atoms with E-state index in [1.54, 1.807) is 6.07 Å². The smallest absolute Gasteiger partial charge is 0.326 e. The van der Waals surface area contributed by atoms with Crippen molar-refractivity contribution in [3.8, 4) is 0 Å². The third-order valence-corrected chi connectivity index (χ3v) is 2.49. The van der Waals surface area contributed by atoms with Crippen LogP contribution in [-0.4, -0.2) is 36.1 Å². The Balaban J connectivity index is 2.62. The quantitative estimate of drug-likeness (QED) is 0.742. The number of amides is 1. The van der Waals surface area contributed by atoms with Crippen molar-refractivity contribution in [3.63, 3.8) is 0 Å². The first-order valence-electron chi connectivity index (χ1n) is 5.75. The molecule has 0 spiro atoms. The van der Waals surface area contributed by atoms with Crippen molar-refractivity contribution in [3.05, 3.63) is 35.6 Å². The molecule has 20 heavy (non-hydrogen) atoms. The Hall–Kier alpha value is -2.44. The van der Waals surface area contributed by atoms with Gasteiger partial charge in [-0.1, -0.05) is 12.1 Å². The number of nitrogens with one attached hydrogen (secondary N) is 1. The number of carboxylic acids is 1. The van der Waals surface area contributed by atoms with Gasteiger partial charge in [-0.25, -0.2) is 9.18 Å². The second kappa shape index (κ2) is 7.22. The molecule has 0 saturated carbocycles. The molecular weight excluding hydrogens is 269 g/mol. The van der Waals surface area contributed by atoms with Crippen LogP contribution in [0.4, 0.5) is 4.39 Å². The third kappa shape index (κ3) is 5.05. The fourth-order valence-corrected chi connectivity index (χ4v) is 1.53. The number of carboxylic acid groups (broad SMARTS) is 1. The Morgan fingerprint density at radius 3 is 2.65 bits per heavy atom. The summed E-state index contributed by atoms with van der Waals surface area (Å²) in [6.07, 6.45) is -0.649. The molecule has 0 heterocycles. The summed E-state index contributed by atoms with van der Waals surface area (Å²) in [5, 5.41) is 11.1. The molecule has 0 fully saturated rings. The first kappa shape index (κ1) is 15.6. The molecule has 0 radical (unpaired) electrons.